The molecule has 8 heteroatoms. The summed E-state index contributed by atoms with van der Waals surface area (Å²) in [7, 11) is -3.66. The first-order valence-corrected chi connectivity index (χ1v) is 11.9. The number of anilines is 1. The summed E-state index contributed by atoms with van der Waals surface area (Å²) in [4.78, 5) is 13.0. The fourth-order valence-electron chi connectivity index (χ4n) is 2.76. The van der Waals surface area contributed by atoms with Crippen molar-refractivity contribution in [3.8, 4) is 5.75 Å². The maximum atomic E-state index is 12.9. The first-order chi connectivity index (χ1) is 13.8. The molecule has 2 rings (SSSR count). The number of sulfonamides is 1. The summed E-state index contributed by atoms with van der Waals surface area (Å²) in [5.41, 5.74) is 0.777. The minimum absolute atomic E-state index is 0.0852. The monoisotopic (exact) mass is 482 g/mol. The molecule has 0 saturated carbocycles. The number of benzene rings is 2. The topological polar surface area (TPSA) is 75.7 Å². The van der Waals surface area contributed by atoms with E-state index in [1.807, 2.05) is 6.07 Å². The van der Waals surface area contributed by atoms with Crippen LogP contribution in [0, 0.1) is 0 Å². The third kappa shape index (κ3) is 5.81. The van der Waals surface area contributed by atoms with Crippen LogP contribution < -0.4 is 10.1 Å². The Kier molecular flexibility index (Phi) is 8.67. The molecule has 0 atom stereocenters. The summed E-state index contributed by atoms with van der Waals surface area (Å²) >= 11 is 3.35. The van der Waals surface area contributed by atoms with Gasteiger partial charge in [0.25, 0.3) is 5.91 Å². The normalized spacial score (nSPS) is 11.5. The molecule has 0 radical (unpaired) electrons. The molecule has 0 aliphatic carbocycles. The molecule has 0 saturated heterocycles. The van der Waals surface area contributed by atoms with Crippen LogP contribution in [0.5, 0.6) is 5.75 Å². The zero-order valence-corrected chi connectivity index (χ0v) is 19.3. The van der Waals surface area contributed by atoms with Crippen LogP contribution in [-0.2, 0) is 10.0 Å². The highest BCUT2D eigenvalue weighted by Gasteiger charge is 2.24. The molecule has 0 aliphatic heterocycles. The SMILES string of the molecule is CCCCOc1ccccc1NC(=O)c1cc(S(=O)(=O)N(CC)CC)ccc1Br. The fourth-order valence-corrected chi connectivity index (χ4v) is 4.67. The number of nitrogens with zero attached hydrogens (tertiary/aromatic N) is 1. The van der Waals surface area contributed by atoms with Crippen LogP contribution in [0.15, 0.2) is 51.8 Å². The van der Waals surface area contributed by atoms with Crippen molar-refractivity contribution in [3.63, 3.8) is 0 Å². The first-order valence-electron chi connectivity index (χ1n) is 9.68. The second-order valence-electron chi connectivity index (χ2n) is 6.38. The fraction of sp³-hybridized carbons (Fsp3) is 0.381. The van der Waals surface area contributed by atoms with E-state index >= 15 is 0 Å². The number of carbonyl (C=O) groups excluding carboxylic acids is 1. The van der Waals surface area contributed by atoms with Crippen molar-refractivity contribution in [1.82, 2.24) is 4.31 Å². The number of amides is 1. The standard InChI is InChI=1S/C21H27BrN2O4S/c1-4-7-14-28-20-11-9-8-10-19(20)23-21(25)17-15-16(12-13-18(17)22)29(26,27)24(5-2)6-3/h8-13,15H,4-7,14H2,1-3H3,(H,23,25). The third-order valence-electron chi connectivity index (χ3n) is 4.42. The average molecular weight is 483 g/mol. The lowest BCUT2D eigenvalue weighted by atomic mass is 10.2. The number of rotatable bonds is 10. The van der Waals surface area contributed by atoms with E-state index in [1.54, 1.807) is 38.1 Å². The van der Waals surface area contributed by atoms with Crippen LogP contribution in [0.25, 0.3) is 0 Å². The summed E-state index contributed by atoms with van der Waals surface area (Å²) in [5, 5.41) is 2.83. The molecule has 0 unspecified atom stereocenters. The molecule has 29 heavy (non-hydrogen) atoms. The van der Waals surface area contributed by atoms with Gasteiger partial charge >= 0.3 is 0 Å². The number of para-hydroxylation sites is 2. The van der Waals surface area contributed by atoms with E-state index in [1.165, 1.54) is 16.4 Å². The molecule has 0 fully saturated rings. The Labute approximate surface area is 181 Å². The molecule has 0 heterocycles. The molecule has 0 spiro atoms. The largest absolute Gasteiger partial charge is 0.491 e. The Morgan fingerprint density at radius 1 is 1.10 bits per heavy atom. The highest BCUT2D eigenvalue weighted by molar-refractivity contribution is 9.10. The van der Waals surface area contributed by atoms with Gasteiger partial charge in [0.2, 0.25) is 10.0 Å². The predicted molar refractivity (Wildman–Crippen MR) is 119 cm³/mol. The summed E-state index contributed by atoms with van der Waals surface area (Å²) in [6, 6.07) is 11.7. The third-order valence-corrected chi connectivity index (χ3v) is 7.15. The summed E-state index contributed by atoms with van der Waals surface area (Å²) < 4.78 is 33.2. The zero-order chi connectivity index (χ0) is 21.4. The lowest BCUT2D eigenvalue weighted by Crippen LogP contribution is -2.30. The lowest BCUT2D eigenvalue weighted by molar-refractivity contribution is 0.102. The summed E-state index contributed by atoms with van der Waals surface area (Å²) in [6.45, 7) is 6.92. The Bertz CT molecular complexity index is 943. The maximum absolute atomic E-state index is 12.9. The number of ether oxygens (including phenoxy) is 1. The van der Waals surface area contributed by atoms with E-state index in [-0.39, 0.29) is 10.5 Å². The molecule has 6 nitrogen and oxygen atoms in total. The second kappa shape index (κ2) is 10.8. The van der Waals surface area contributed by atoms with Gasteiger partial charge in [-0.3, -0.25) is 4.79 Å². The Balaban J connectivity index is 2.31. The molecule has 0 aromatic heterocycles. The van der Waals surface area contributed by atoms with Gasteiger partial charge in [-0.1, -0.05) is 39.3 Å². The number of unbranched alkanes of at least 4 members (excludes halogenated alkanes) is 1. The van der Waals surface area contributed by atoms with E-state index in [9.17, 15) is 13.2 Å². The van der Waals surface area contributed by atoms with Crippen LogP contribution in [-0.4, -0.2) is 38.3 Å². The maximum Gasteiger partial charge on any atom is 0.256 e. The number of hydrogen-bond acceptors (Lipinski definition) is 4. The van der Waals surface area contributed by atoms with Crippen LogP contribution in [0.3, 0.4) is 0 Å². The molecule has 1 N–H and O–H groups in total. The smallest absolute Gasteiger partial charge is 0.256 e. The van der Waals surface area contributed by atoms with Gasteiger partial charge in [-0.15, -0.1) is 0 Å². The van der Waals surface area contributed by atoms with Crippen molar-refractivity contribution >= 4 is 37.5 Å². The van der Waals surface area contributed by atoms with Gasteiger partial charge in [0.15, 0.2) is 0 Å². The predicted octanol–water partition coefficient (Wildman–Crippen LogP) is 4.91. The number of carbonyl (C=O) groups is 1. The van der Waals surface area contributed by atoms with Gasteiger partial charge in [0, 0.05) is 17.6 Å². The molecular formula is C21H27BrN2O4S. The molecule has 0 aliphatic rings. The van der Waals surface area contributed by atoms with E-state index in [4.69, 9.17) is 4.74 Å². The summed E-state index contributed by atoms with van der Waals surface area (Å²) in [6.07, 6.45) is 1.92. The zero-order valence-electron chi connectivity index (χ0n) is 16.9. The quantitative estimate of drug-likeness (QED) is 0.488. The highest BCUT2D eigenvalue weighted by atomic mass is 79.9. The van der Waals surface area contributed by atoms with Crippen LogP contribution in [0.2, 0.25) is 0 Å². The van der Waals surface area contributed by atoms with Gasteiger partial charge in [0.05, 0.1) is 22.8 Å². The van der Waals surface area contributed by atoms with Gasteiger partial charge in [0.1, 0.15) is 5.75 Å². The molecule has 2 aromatic rings. The molecule has 158 valence electrons. The molecule has 2 aromatic carbocycles. The molecule has 1 amide bonds. The van der Waals surface area contributed by atoms with Gasteiger partial charge in [-0.25, -0.2) is 8.42 Å². The van der Waals surface area contributed by atoms with Gasteiger partial charge in [-0.05, 0) is 52.7 Å². The van der Waals surface area contributed by atoms with Crippen molar-refractivity contribution in [3.05, 3.63) is 52.5 Å². The number of nitrogens with one attached hydrogen (secondary N) is 1. The minimum atomic E-state index is -3.66. The van der Waals surface area contributed by atoms with Crippen molar-refractivity contribution < 1.29 is 17.9 Å². The summed E-state index contributed by atoms with van der Waals surface area (Å²) in [5.74, 6) is 0.164. The van der Waals surface area contributed by atoms with Crippen molar-refractivity contribution in [1.29, 1.82) is 0 Å². The Morgan fingerprint density at radius 2 is 1.79 bits per heavy atom. The molecular weight excluding hydrogens is 456 g/mol. The van der Waals surface area contributed by atoms with Crippen molar-refractivity contribution in [2.45, 2.75) is 38.5 Å². The van der Waals surface area contributed by atoms with Crippen LogP contribution >= 0.6 is 15.9 Å². The van der Waals surface area contributed by atoms with Crippen molar-refractivity contribution in [2.24, 2.45) is 0 Å². The van der Waals surface area contributed by atoms with E-state index in [2.05, 4.69) is 28.2 Å². The first kappa shape index (κ1) is 23.4. The van der Waals surface area contributed by atoms with E-state index in [0.29, 0.717) is 35.6 Å². The van der Waals surface area contributed by atoms with Crippen LogP contribution in [0.4, 0.5) is 5.69 Å². The Hall–Kier alpha value is -1.90. The second-order valence-corrected chi connectivity index (χ2v) is 9.18. The number of halogens is 1. The Morgan fingerprint density at radius 3 is 2.45 bits per heavy atom. The molecule has 0 bridgehead atoms. The average Bonchev–Trinajstić information content (AvgIpc) is 2.70. The van der Waals surface area contributed by atoms with E-state index in [0.717, 1.165) is 12.8 Å². The highest BCUT2D eigenvalue weighted by Crippen LogP contribution is 2.28. The van der Waals surface area contributed by atoms with Gasteiger partial charge < -0.3 is 10.1 Å². The van der Waals surface area contributed by atoms with E-state index < -0.39 is 15.9 Å². The van der Waals surface area contributed by atoms with Crippen LogP contribution in [0.1, 0.15) is 44.0 Å². The van der Waals surface area contributed by atoms with Crippen molar-refractivity contribution in [2.75, 3.05) is 25.0 Å². The minimum Gasteiger partial charge on any atom is -0.491 e. The lowest BCUT2D eigenvalue weighted by Gasteiger charge is -2.19. The number of hydrogen-bond donors (Lipinski definition) is 1. The van der Waals surface area contributed by atoms with Gasteiger partial charge in [-0.2, -0.15) is 4.31 Å².